The number of carboxylic acids is 1. The van der Waals surface area contributed by atoms with Crippen molar-refractivity contribution in [1.82, 2.24) is 4.98 Å². The van der Waals surface area contributed by atoms with Crippen LogP contribution in [-0.4, -0.2) is 16.1 Å². The van der Waals surface area contributed by atoms with Crippen LogP contribution in [0.5, 0.6) is 0 Å². The molecule has 1 aromatic heterocycles. The summed E-state index contributed by atoms with van der Waals surface area (Å²) in [5.41, 5.74) is 2.12. The highest BCUT2D eigenvalue weighted by molar-refractivity contribution is 9.11. The van der Waals surface area contributed by atoms with E-state index in [0.29, 0.717) is 8.79 Å². The highest BCUT2D eigenvalue weighted by Crippen LogP contribution is 2.33. The Bertz CT molecular complexity index is 533. The van der Waals surface area contributed by atoms with E-state index in [1.807, 2.05) is 31.2 Å². The number of thiazole rings is 1. The Morgan fingerprint density at radius 2 is 2.00 bits per heavy atom. The van der Waals surface area contributed by atoms with Gasteiger partial charge in [-0.05, 0) is 28.4 Å². The molecule has 0 atom stereocenters. The maximum Gasteiger partial charge on any atom is 0.356 e. The van der Waals surface area contributed by atoms with Crippen LogP contribution >= 0.6 is 27.3 Å². The number of benzene rings is 1. The van der Waals surface area contributed by atoms with Crippen molar-refractivity contribution in [3.05, 3.63) is 39.4 Å². The van der Waals surface area contributed by atoms with Gasteiger partial charge >= 0.3 is 5.97 Å². The predicted molar refractivity (Wildman–Crippen MR) is 66.9 cm³/mol. The molecule has 5 heteroatoms. The number of aryl methyl sites for hydroxylation is 1. The summed E-state index contributed by atoms with van der Waals surface area (Å²) >= 11 is 4.53. The van der Waals surface area contributed by atoms with E-state index in [9.17, 15) is 4.79 Å². The van der Waals surface area contributed by atoms with Crippen LogP contribution in [0.25, 0.3) is 10.4 Å². The summed E-state index contributed by atoms with van der Waals surface area (Å²) in [7, 11) is 0. The maximum atomic E-state index is 11.0. The zero-order valence-corrected chi connectivity index (χ0v) is 10.8. The third-order valence-electron chi connectivity index (χ3n) is 2.12. The van der Waals surface area contributed by atoms with E-state index in [2.05, 4.69) is 20.9 Å². The molecule has 0 amide bonds. The molecule has 0 fully saturated rings. The molecule has 2 rings (SSSR count). The van der Waals surface area contributed by atoms with Crippen LogP contribution < -0.4 is 0 Å². The molecule has 0 aliphatic carbocycles. The van der Waals surface area contributed by atoms with Gasteiger partial charge in [-0.1, -0.05) is 29.8 Å². The molecule has 82 valence electrons. The lowest BCUT2D eigenvalue weighted by molar-refractivity contribution is 0.0692. The first-order valence-corrected chi connectivity index (χ1v) is 6.15. The molecule has 0 saturated carbocycles. The normalized spacial score (nSPS) is 10.4. The van der Waals surface area contributed by atoms with Crippen LogP contribution in [0.3, 0.4) is 0 Å². The van der Waals surface area contributed by atoms with Gasteiger partial charge in [-0.3, -0.25) is 0 Å². The van der Waals surface area contributed by atoms with Crippen molar-refractivity contribution in [2.45, 2.75) is 6.92 Å². The highest BCUT2D eigenvalue weighted by Gasteiger charge is 2.17. The van der Waals surface area contributed by atoms with Crippen molar-refractivity contribution < 1.29 is 9.90 Å². The predicted octanol–water partition coefficient (Wildman–Crippen LogP) is 3.58. The van der Waals surface area contributed by atoms with Crippen molar-refractivity contribution in [2.75, 3.05) is 0 Å². The summed E-state index contributed by atoms with van der Waals surface area (Å²) < 4.78 is 0.584. The summed E-state index contributed by atoms with van der Waals surface area (Å²) in [6, 6.07) is 7.71. The fraction of sp³-hybridized carbons (Fsp3) is 0.0909. The van der Waals surface area contributed by atoms with Crippen LogP contribution in [0.4, 0.5) is 0 Å². The second kappa shape index (κ2) is 4.35. The number of nitrogens with zero attached hydrogens (tertiary/aromatic N) is 1. The van der Waals surface area contributed by atoms with Crippen molar-refractivity contribution in [3.8, 4) is 10.4 Å². The van der Waals surface area contributed by atoms with Crippen molar-refractivity contribution >= 4 is 33.2 Å². The highest BCUT2D eigenvalue weighted by atomic mass is 79.9. The first-order chi connectivity index (χ1) is 7.58. The van der Waals surface area contributed by atoms with Crippen LogP contribution in [0.15, 0.2) is 28.2 Å². The SMILES string of the molecule is Cc1ccc(-c2sc(Br)nc2C(=O)O)cc1. The summed E-state index contributed by atoms with van der Waals surface area (Å²) in [5.74, 6) is -1.00. The standard InChI is InChI=1S/C11H8BrNO2S/c1-6-2-4-7(5-3-6)9-8(10(14)15)13-11(12)16-9/h2-5H,1H3,(H,14,15). The molecule has 16 heavy (non-hydrogen) atoms. The minimum Gasteiger partial charge on any atom is -0.476 e. The lowest BCUT2D eigenvalue weighted by Crippen LogP contribution is -1.98. The zero-order chi connectivity index (χ0) is 11.7. The monoisotopic (exact) mass is 297 g/mol. The largest absolute Gasteiger partial charge is 0.476 e. The molecule has 0 spiro atoms. The van der Waals surface area contributed by atoms with E-state index in [-0.39, 0.29) is 5.69 Å². The third-order valence-corrected chi connectivity index (χ3v) is 3.67. The molecule has 2 aromatic rings. The fourth-order valence-corrected chi connectivity index (χ4v) is 2.79. The Labute approximate surface area is 105 Å². The van der Waals surface area contributed by atoms with Gasteiger partial charge in [0.05, 0.1) is 4.88 Å². The molecule has 3 nitrogen and oxygen atoms in total. The Hall–Kier alpha value is -1.20. The van der Waals surface area contributed by atoms with Crippen molar-refractivity contribution in [2.24, 2.45) is 0 Å². The number of carbonyl (C=O) groups is 1. The van der Waals surface area contributed by atoms with Gasteiger partial charge in [0.1, 0.15) is 0 Å². The number of carboxylic acid groups (broad SMARTS) is 1. The van der Waals surface area contributed by atoms with Gasteiger partial charge in [0, 0.05) is 0 Å². The summed E-state index contributed by atoms with van der Waals surface area (Å²) in [6.07, 6.45) is 0. The number of hydrogen-bond donors (Lipinski definition) is 1. The molecule has 1 aromatic carbocycles. The molecule has 0 bridgehead atoms. The summed E-state index contributed by atoms with van der Waals surface area (Å²) in [6.45, 7) is 1.99. The molecular weight excluding hydrogens is 290 g/mol. The van der Waals surface area contributed by atoms with Gasteiger partial charge in [-0.15, -0.1) is 11.3 Å². The Balaban J connectivity index is 2.55. The van der Waals surface area contributed by atoms with Crippen LogP contribution in [-0.2, 0) is 0 Å². The number of aromatic carboxylic acids is 1. The van der Waals surface area contributed by atoms with E-state index in [0.717, 1.165) is 11.1 Å². The molecule has 1 N–H and O–H groups in total. The Morgan fingerprint density at radius 3 is 2.56 bits per heavy atom. The molecule has 0 aliphatic heterocycles. The fourth-order valence-electron chi connectivity index (χ4n) is 1.34. The quantitative estimate of drug-likeness (QED) is 0.922. The summed E-state index contributed by atoms with van der Waals surface area (Å²) in [5, 5.41) is 9.02. The Morgan fingerprint density at radius 1 is 1.38 bits per heavy atom. The second-order valence-electron chi connectivity index (χ2n) is 3.32. The lowest BCUT2D eigenvalue weighted by Gasteiger charge is -1.99. The Kier molecular flexibility index (Phi) is 3.07. The van der Waals surface area contributed by atoms with Crippen molar-refractivity contribution in [3.63, 3.8) is 0 Å². The van der Waals surface area contributed by atoms with Gasteiger partial charge in [0.25, 0.3) is 0 Å². The molecule has 1 heterocycles. The van der Waals surface area contributed by atoms with E-state index in [1.54, 1.807) is 0 Å². The molecule has 0 unspecified atom stereocenters. The summed E-state index contributed by atoms with van der Waals surface area (Å²) in [4.78, 5) is 15.6. The van der Waals surface area contributed by atoms with Crippen LogP contribution in [0.1, 0.15) is 16.1 Å². The zero-order valence-electron chi connectivity index (χ0n) is 8.40. The molecule has 0 aliphatic rings. The first kappa shape index (κ1) is 11.3. The van der Waals surface area contributed by atoms with E-state index >= 15 is 0 Å². The average Bonchev–Trinajstić information content (AvgIpc) is 2.61. The number of hydrogen-bond acceptors (Lipinski definition) is 3. The number of halogens is 1. The van der Waals surface area contributed by atoms with E-state index in [1.165, 1.54) is 11.3 Å². The third kappa shape index (κ3) is 2.15. The molecule has 0 saturated heterocycles. The van der Waals surface area contributed by atoms with E-state index in [4.69, 9.17) is 5.11 Å². The lowest BCUT2D eigenvalue weighted by atomic mass is 10.1. The van der Waals surface area contributed by atoms with E-state index < -0.39 is 5.97 Å². The molecule has 0 radical (unpaired) electrons. The minimum absolute atomic E-state index is 0.0979. The first-order valence-electron chi connectivity index (χ1n) is 4.54. The van der Waals surface area contributed by atoms with Gasteiger partial charge < -0.3 is 5.11 Å². The molecular formula is C11H8BrNO2S. The number of aromatic nitrogens is 1. The minimum atomic E-state index is -1.00. The van der Waals surface area contributed by atoms with Gasteiger partial charge in [0.15, 0.2) is 9.61 Å². The smallest absolute Gasteiger partial charge is 0.356 e. The average molecular weight is 298 g/mol. The van der Waals surface area contributed by atoms with Crippen LogP contribution in [0, 0.1) is 6.92 Å². The second-order valence-corrected chi connectivity index (χ2v) is 5.59. The van der Waals surface area contributed by atoms with Crippen LogP contribution in [0.2, 0.25) is 0 Å². The maximum absolute atomic E-state index is 11.0. The van der Waals surface area contributed by atoms with Gasteiger partial charge in [0.2, 0.25) is 0 Å². The van der Waals surface area contributed by atoms with Gasteiger partial charge in [-0.2, -0.15) is 0 Å². The topological polar surface area (TPSA) is 50.2 Å². The van der Waals surface area contributed by atoms with Crippen molar-refractivity contribution in [1.29, 1.82) is 0 Å². The number of rotatable bonds is 2. The van der Waals surface area contributed by atoms with Gasteiger partial charge in [-0.25, -0.2) is 9.78 Å².